The number of aliphatic carboxylic acids is 1. The summed E-state index contributed by atoms with van der Waals surface area (Å²) >= 11 is 0. The van der Waals surface area contributed by atoms with E-state index < -0.39 is 30.3 Å². The fourth-order valence-corrected chi connectivity index (χ4v) is 4.60. The number of unbranched alkanes of at least 4 members (excludes halogenated alkanes) is 5. The second kappa shape index (κ2) is 35.5. The first-order chi connectivity index (χ1) is 25.6. The summed E-state index contributed by atoms with van der Waals surface area (Å²) < 4.78 is 22.4. The molecule has 0 rings (SSSR count). The van der Waals surface area contributed by atoms with Crippen molar-refractivity contribution in [2.24, 2.45) is 0 Å². The molecule has 0 saturated heterocycles. The van der Waals surface area contributed by atoms with Gasteiger partial charge in [0.1, 0.15) is 13.2 Å². The first kappa shape index (κ1) is 49.5. The number of ether oxygens (including phenoxy) is 4. The van der Waals surface area contributed by atoms with Crippen molar-refractivity contribution in [3.8, 4) is 0 Å². The number of nitrogens with zero attached hydrogens (tertiary/aromatic N) is 1. The van der Waals surface area contributed by atoms with Crippen LogP contribution >= 0.6 is 0 Å². The number of carbonyl (C=O) groups excluding carboxylic acids is 3. The molecule has 0 aromatic heterocycles. The highest BCUT2D eigenvalue weighted by molar-refractivity contribution is 5.70. The monoisotopic (exact) mass is 742 g/mol. The van der Waals surface area contributed by atoms with E-state index in [0.29, 0.717) is 23.9 Å². The van der Waals surface area contributed by atoms with Crippen LogP contribution in [-0.4, -0.2) is 82.3 Å². The van der Waals surface area contributed by atoms with Gasteiger partial charge in [0.05, 0.1) is 40.3 Å². The lowest BCUT2D eigenvalue weighted by atomic mass is 10.1. The second-order valence-electron chi connectivity index (χ2n) is 13.8. The summed E-state index contributed by atoms with van der Waals surface area (Å²) in [5, 5.41) is 11.6. The Kier molecular flexibility index (Phi) is 33.1. The average molecular weight is 742 g/mol. The maximum atomic E-state index is 12.7. The molecule has 300 valence electrons. The fraction of sp³-hybridized carbons (Fsp3) is 0.614. The van der Waals surface area contributed by atoms with Crippen LogP contribution in [0.2, 0.25) is 0 Å². The lowest BCUT2D eigenvalue weighted by molar-refractivity contribution is -0.870. The zero-order chi connectivity index (χ0) is 39.3. The highest BCUT2D eigenvalue weighted by Gasteiger charge is 2.21. The molecule has 0 heterocycles. The second-order valence-corrected chi connectivity index (χ2v) is 13.8. The van der Waals surface area contributed by atoms with Gasteiger partial charge in [0.2, 0.25) is 0 Å². The molecule has 0 spiro atoms. The molecule has 0 aliphatic carbocycles. The van der Waals surface area contributed by atoms with Crippen LogP contribution in [0.4, 0.5) is 0 Å². The summed E-state index contributed by atoms with van der Waals surface area (Å²) in [6.07, 6.45) is 40.5. The van der Waals surface area contributed by atoms with Crippen LogP contribution in [0.3, 0.4) is 0 Å². The number of carboxylic acid groups (broad SMARTS) is 1. The molecule has 53 heavy (non-hydrogen) atoms. The number of allylic oxidation sites excluding steroid dienone is 14. The van der Waals surface area contributed by atoms with Gasteiger partial charge in [-0.1, -0.05) is 105 Å². The van der Waals surface area contributed by atoms with E-state index in [1.165, 1.54) is 0 Å². The summed E-state index contributed by atoms with van der Waals surface area (Å²) in [6.45, 7) is 4.37. The minimum atomic E-state index is -1.64. The molecule has 0 aromatic rings. The van der Waals surface area contributed by atoms with Crippen molar-refractivity contribution in [1.29, 1.82) is 0 Å². The molecule has 9 nitrogen and oxygen atoms in total. The third-order valence-corrected chi connectivity index (χ3v) is 7.64. The number of esters is 2. The van der Waals surface area contributed by atoms with Crippen molar-refractivity contribution in [3.05, 3.63) is 85.1 Å². The number of carboxylic acids is 1. The van der Waals surface area contributed by atoms with Crippen molar-refractivity contribution < 1.29 is 42.9 Å². The average Bonchev–Trinajstić information content (AvgIpc) is 3.11. The SMILES string of the molecule is CC/C=C\C/C=C\C/C=C\C/C=C\CCCCC(=O)OC(COC(=O)CCCCC/C=C\C/C=C\C/C=C\CC)COC(OCC[N+](C)(C)C)C(=O)[O-]. The Bertz CT molecular complexity index is 1140. The van der Waals surface area contributed by atoms with Gasteiger partial charge < -0.3 is 33.3 Å². The zero-order valence-electron chi connectivity index (χ0n) is 33.6. The van der Waals surface area contributed by atoms with Crippen LogP contribution in [-0.2, 0) is 33.3 Å². The minimum absolute atomic E-state index is 0.130. The van der Waals surface area contributed by atoms with E-state index in [4.69, 9.17) is 18.9 Å². The number of likely N-dealkylation sites (N-methyl/N-ethyl adjacent to an activating group) is 1. The number of quaternary nitrogens is 1. The summed E-state index contributed by atoms with van der Waals surface area (Å²) in [6, 6.07) is 0. The van der Waals surface area contributed by atoms with E-state index in [0.717, 1.165) is 77.0 Å². The molecule has 0 N–H and O–H groups in total. The van der Waals surface area contributed by atoms with Gasteiger partial charge in [0.15, 0.2) is 12.4 Å². The van der Waals surface area contributed by atoms with Crippen molar-refractivity contribution in [1.82, 2.24) is 0 Å². The Labute approximate surface area is 321 Å². The standard InChI is InChI=1S/C44H71NO8/c1-6-8-10-12-14-16-18-20-21-23-25-27-29-31-33-35-42(47)53-40(39-52-44(43(48)49)50-37-36-45(3,4)5)38-51-41(46)34-32-30-28-26-24-22-19-17-15-13-11-9-7-2/h8-11,14-17,20-22,24-25,27,40,44H,6-7,12-13,18-19,23,26,28-39H2,1-5H3/b10-8-,11-9-,16-14-,17-15-,21-20-,24-22-,27-25-. The van der Waals surface area contributed by atoms with Crippen LogP contribution in [0.5, 0.6) is 0 Å². The van der Waals surface area contributed by atoms with Crippen LogP contribution in [0.1, 0.15) is 117 Å². The Morgan fingerprint density at radius 2 is 1.02 bits per heavy atom. The molecular formula is C44H71NO8. The number of hydrogen-bond donors (Lipinski definition) is 0. The smallest absolute Gasteiger partial charge is 0.306 e. The van der Waals surface area contributed by atoms with Gasteiger partial charge in [-0.05, 0) is 83.5 Å². The normalized spacial score (nSPS) is 13.9. The molecule has 0 saturated carbocycles. The highest BCUT2D eigenvalue weighted by atomic mass is 16.7. The van der Waals surface area contributed by atoms with Crippen LogP contribution < -0.4 is 5.11 Å². The number of rotatable bonds is 34. The maximum absolute atomic E-state index is 12.7. The fourth-order valence-electron chi connectivity index (χ4n) is 4.60. The molecule has 0 radical (unpaired) electrons. The molecule has 0 aliphatic rings. The molecule has 0 aliphatic heterocycles. The van der Waals surface area contributed by atoms with Crippen LogP contribution in [0.25, 0.3) is 0 Å². The summed E-state index contributed by atoms with van der Waals surface area (Å²) in [4.78, 5) is 36.8. The van der Waals surface area contributed by atoms with E-state index >= 15 is 0 Å². The van der Waals surface area contributed by atoms with E-state index in [1.54, 1.807) is 0 Å². The van der Waals surface area contributed by atoms with E-state index in [-0.39, 0.29) is 32.7 Å². The molecule has 0 bridgehead atoms. The Morgan fingerprint density at radius 1 is 0.566 bits per heavy atom. The molecule has 2 unspecified atom stereocenters. The van der Waals surface area contributed by atoms with E-state index in [2.05, 4.69) is 98.9 Å². The number of hydrogen-bond acceptors (Lipinski definition) is 8. The Balaban J connectivity index is 4.67. The topological polar surface area (TPSA) is 111 Å². The van der Waals surface area contributed by atoms with Crippen molar-refractivity contribution in [2.75, 3.05) is 47.5 Å². The van der Waals surface area contributed by atoms with Gasteiger partial charge in [-0.15, -0.1) is 0 Å². The third kappa shape index (κ3) is 36.6. The molecular weight excluding hydrogens is 670 g/mol. The van der Waals surface area contributed by atoms with Gasteiger partial charge >= 0.3 is 11.9 Å². The Morgan fingerprint density at radius 3 is 1.51 bits per heavy atom. The predicted octanol–water partition coefficient (Wildman–Crippen LogP) is 8.43. The largest absolute Gasteiger partial charge is 0.545 e. The third-order valence-electron chi connectivity index (χ3n) is 7.64. The quantitative estimate of drug-likeness (QED) is 0.0213. The van der Waals surface area contributed by atoms with Gasteiger partial charge in [-0.25, -0.2) is 0 Å². The summed E-state index contributed by atoms with van der Waals surface area (Å²) in [5.74, 6) is -2.40. The first-order valence-electron chi connectivity index (χ1n) is 19.7. The van der Waals surface area contributed by atoms with Crippen molar-refractivity contribution in [3.63, 3.8) is 0 Å². The molecule has 0 aromatic carbocycles. The van der Waals surface area contributed by atoms with Gasteiger partial charge in [0, 0.05) is 12.8 Å². The van der Waals surface area contributed by atoms with E-state index in [1.807, 2.05) is 21.1 Å². The predicted molar refractivity (Wildman–Crippen MR) is 214 cm³/mol. The molecule has 0 amide bonds. The summed E-state index contributed by atoms with van der Waals surface area (Å²) in [7, 11) is 5.86. The van der Waals surface area contributed by atoms with Crippen molar-refractivity contribution >= 4 is 17.9 Å². The summed E-state index contributed by atoms with van der Waals surface area (Å²) in [5.41, 5.74) is 0. The van der Waals surface area contributed by atoms with Gasteiger partial charge in [0.25, 0.3) is 0 Å². The first-order valence-corrected chi connectivity index (χ1v) is 19.7. The molecule has 0 fully saturated rings. The lowest BCUT2D eigenvalue weighted by Gasteiger charge is -2.26. The van der Waals surface area contributed by atoms with Gasteiger partial charge in [-0.2, -0.15) is 0 Å². The molecule has 9 heteroatoms. The number of carbonyl (C=O) groups is 3. The van der Waals surface area contributed by atoms with Gasteiger partial charge in [-0.3, -0.25) is 9.59 Å². The zero-order valence-corrected chi connectivity index (χ0v) is 33.6. The molecule has 2 atom stereocenters. The highest BCUT2D eigenvalue weighted by Crippen LogP contribution is 2.10. The van der Waals surface area contributed by atoms with Crippen LogP contribution in [0, 0.1) is 0 Å². The Hall–Kier alpha value is -3.53. The minimum Gasteiger partial charge on any atom is -0.545 e. The van der Waals surface area contributed by atoms with E-state index in [9.17, 15) is 19.5 Å². The lowest BCUT2D eigenvalue weighted by Crippen LogP contribution is -2.44. The van der Waals surface area contributed by atoms with Crippen molar-refractivity contribution in [2.45, 2.75) is 129 Å². The van der Waals surface area contributed by atoms with Crippen LogP contribution in [0.15, 0.2) is 85.1 Å². The maximum Gasteiger partial charge on any atom is 0.306 e.